The van der Waals surface area contributed by atoms with Gasteiger partial charge < -0.3 is 15.0 Å². The molecule has 2 aliphatic rings. The second-order valence-corrected chi connectivity index (χ2v) is 10.3. The van der Waals surface area contributed by atoms with Gasteiger partial charge in [0.2, 0.25) is 5.91 Å². The molecule has 2 aromatic rings. The smallest absolute Gasteiger partial charge is 0.320 e. The molecule has 1 heterocycles. The fourth-order valence-electron chi connectivity index (χ4n) is 5.42. The van der Waals surface area contributed by atoms with Crippen LogP contribution in [-0.2, 0) is 19.7 Å². The fourth-order valence-corrected chi connectivity index (χ4v) is 5.42. The van der Waals surface area contributed by atoms with Crippen molar-refractivity contribution in [3.05, 3.63) is 65.7 Å². The third-order valence-corrected chi connectivity index (χ3v) is 6.79. The van der Waals surface area contributed by atoms with Gasteiger partial charge in [-0.1, -0.05) is 67.8 Å². The van der Waals surface area contributed by atoms with Gasteiger partial charge in [-0.15, -0.1) is 0 Å². The average molecular weight is 449 g/mol. The number of esters is 1. The third kappa shape index (κ3) is 4.98. The third-order valence-electron chi connectivity index (χ3n) is 6.79. The summed E-state index contributed by atoms with van der Waals surface area (Å²) in [6.07, 6.45) is 5.97. The number of anilines is 1. The molecule has 0 bridgehead atoms. The molecule has 1 spiro atoms. The Morgan fingerprint density at radius 1 is 1.03 bits per heavy atom. The van der Waals surface area contributed by atoms with Crippen molar-refractivity contribution in [1.29, 1.82) is 0 Å². The molecule has 1 aliphatic heterocycles. The molecule has 0 aromatic heterocycles. The lowest BCUT2D eigenvalue weighted by molar-refractivity contribution is -0.153. The molecule has 5 nitrogen and oxygen atoms in total. The first-order valence-corrected chi connectivity index (χ1v) is 12.2. The summed E-state index contributed by atoms with van der Waals surface area (Å²) in [4.78, 5) is 28.2. The normalized spacial score (nSPS) is 18.3. The maximum atomic E-state index is 14.1. The van der Waals surface area contributed by atoms with Crippen molar-refractivity contribution in [2.45, 2.75) is 76.4 Å². The van der Waals surface area contributed by atoms with Crippen molar-refractivity contribution in [2.75, 3.05) is 18.0 Å². The monoisotopic (exact) mass is 448 g/mol. The molecule has 2 aromatic carbocycles. The van der Waals surface area contributed by atoms with Crippen LogP contribution in [0.5, 0.6) is 0 Å². The molecule has 1 fully saturated rings. The molecule has 1 atom stereocenters. The van der Waals surface area contributed by atoms with Gasteiger partial charge in [0.15, 0.2) is 0 Å². The number of para-hydroxylation sites is 1. The Bertz CT molecular complexity index is 974. The number of carbonyl (C=O) groups excluding carboxylic acids is 2. The minimum Gasteiger partial charge on any atom is -0.459 e. The summed E-state index contributed by atoms with van der Waals surface area (Å²) in [6, 6.07) is 18.5. The molecule has 0 saturated heterocycles. The molecule has 0 radical (unpaired) electrons. The Morgan fingerprint density at radius 3 is 2.39 bits per heavy atom. The number of carbonyl (C=O) groups is 2. The molecule has 4 rings (SSSR count). The first kappa shape index (κ1) is 23.5. The number of rotatable bonds is 7. The van der Waals surface area contributed by atoms with E-state index in [0.717, 1.165) is 36.9 Å². The Kier molecular flexibility index (Phi) is 6.89. The lowest BCUT2D eigenvalue weighted by atomic mass is 9.70. The zero-order valence-corrected chi connectivity index (χ0v) is 20.1. The van der Waals surface area contributed by atoms with Gasteiger partial charge in [-0.3, -0.25) is 9.59 Å². The van der Waals surface area contributed by atoms with E-state index < -0.39 is 5.60 Å². The van der Waals surface area contributed by atoms with Crippen molar-refractivity contribution < 1.29 is 14.3 Å². The van der Waals surface area contributed by atoms with Crippen LogP contribution in [-0.4, -0.2) is 30.6 Å². The zero-order chi connectivity index (χ0) is 23.5. The summed E-state index contributed by atoms with van der Waals surface area (Å²) in [5.74, 6) is -0.0214. The minimum absolute atomic E-state index is 0.0905. The topological polar surface area (TPSA) is 58.6 Å². The van der Waals surface area contributed by atoms with E-state index in [4.69, 9.17) is 4.74 Å². The number of hydrogen-bond donors (Lipinski definition) is 1. The summed E-state index contributed by atoms with van der Waals surface area (Å²) >= 11 is 0. The number of nitrogens with one attached hydrogen (secondary N) is 1. The molecule has 0 unspecified atom stereocenters. The SMILES string of the molecule is CC(C)(C)OC(=O)CNCC[C@@H](c1ccccc1)N1C(=O)C2(CCCCC2)c2ccccc21. The standard InChI is InChI=1S/C28H36N2O3/c1-27(2,3)33-25(31)20-29-19-16-23(21-12-6-4-7-13-21)30-24-15-9-8-14-22(24)28(26(30)32)17-10-5-11-18-28/h4,6-9,12-15,23,29H,5,10-11,16-20H2,1-3H3/t23-/m0/s1. The molecule has 1 aliphatic carbocycles. The highest BCUT2D eigenvalue weighted by Crippen LogP contribution is 2.52. The molecule has 1 saturated carbocycles. The van der Waals surface area contributed by atoms with E-state index in [9.17, 15) is 9.59 Å². The highest BCUT2D eigenvalue weighted by Gasteiger charge is 2.52. The number of amides is 1. The van der Waals surface area contributed by atoms with E-state index in [0.29, 0.717) is 13.0 Å². The predicted molar refractivity (Wildman–Crippen MR) is 131 cm³/mol. The summed E-state index contributed by atoms with van der Waals surface area (Å²) in [7, 11) is 0. The van der Waals surface area contributed by atoms with Crippen LogP contribution in [0, 0.1) is 0 Å². The average Bonchev–Trinajstić information content (AvgIpc) is 3.02. The molecular formula is C28H36N2O3. The number of hydrogen-bond acceptors (Lipinski definition) is 4. The maximum Gasteiger partial charge on any atom is 0.320 e. The number of fused-ring (bicyclic) bond motifs is 2. The maximum absolute atomic E-state index is 14.1. The van der Waals surface area contributed by atoms with E-state index in [-0.39, 0.29) is 29.9 Å². The molecular weight excluding hydrogens is 412 g/mol. The second kappa shape index (κ2) is 9.68. The van der Waals surface area contributed by atoms with Gasteiger partial charge in [0, 0.05) is 5.69 Å². The van der Waals surface area contributed by atoms with Crippen molar-refractivity contribution >= 4 is 17.6 Å². The van der Waals surface area contributed by atoms with Crippen LogP contribution < -0.4 is 10.2 Å². The Labute approximate surface area is 197 Å². The Morgan fingerprint density at radius 2 is 1.70 bits per heavy atom. The zero-order valence-electron chi connectivity index (χ0n) is 20.1. The van der Waals surface area contributed by atoms with Crippen molar-refractivity contribution in [2.24, 2.45) is 0 Å². The van der Waals surface area contributed by atoms with E-state index in [2.05, 4.69) is 35.6 Å². The van der Waals surface area contributed by atoms with Gasteiger partial charge in [-0.25, -0.2) is 0 Å². The van der Waals surface area contributed by atoms with Gasteiger partial charge in [-0.05, 0) is 63.8 Å². The fraction of sp³-hybridized carbons (Fsp3) is 0.500. The van der Waals surface area contributed by atoms with Crippen LogP contribution in [0.25, 0.3) is 0 Å². The van der Waals surface area contributed by atoms with Crippen LogP contribution >= 0.6 is 0 Å². The molecule has 5 heteroatoms. The predicted octanol–water partition coefficient (Wildman–Crippen LogP) is 5.30. The van der Waals surface area contributed by atoms with Gasteiger partial charge in [0.25, 0.3) is 0 Å². The Balaban J connectivity index is 1.57. The number of nitrogens with zero attached hydrogens (tertiary/aromatic N) is 1. The Hall–Kier alpha value is -2.66. The van der Waals surface area contributed by atoms with Crippen LogP contribution in [0.4, 0.5) is 5.69 Å². The van der Waals surface area contributed by atoms with Crippen LogP contribution in [0.15, 0.2) is 54.6 Å². The summed E-state index contributed by atoms with van der Waals surface area (Å²) in [5.41, 5.74) is 2.48. The van der Waals surface area contributed by atoms with E-state index in [1.807, 2.05) is 49.9 Å². The number of benzene rings is 2. The lowest BCUT2D eigenvalue weighted by Gasteiger charge is -2.35. The van der Waals surface area contributed by atoms with Crippen molar-refractivity contribution in [3.63, 3.8) is 0 Å². The largest absolute Gasteiger partial charge is 0.459 e. The minimum atomic E-state index is -0.495. The highest BCUT2D eigenvalue weighted by molar-refractivity contribution is 6.08. The second-order valence-electron chi connectivity index (χ2n) is 10.3. The summed E-state index contributed by atoms with van der Waals surface area (Å²) < 4.78 is 5.40. The van der Waals surface area contributed by atoms with Crippen molar-refractivity contribution in [3.8, 4) is 0 Å². The van der Waals surface area contributed by atoms with Crippen LogP contribution in [0.2, 0.25) is 0 Å². The van der Waals surface area contributed by atoms with E-state index in [1.165, 1.54) is 12.0 Å². The summed E-state index contributed by atoms with van der Waals surface area (Å²) in [5, 5.41) is 3.23. The van der Waals surface area contributed by atoms with Crippen molar-refractivity contribution in [1.82, 2.24) is 5.32 Å². The van der Waals surface area contributed by atoms with Crippen LogP contribution in [0.3, 0.4) is 0 Å². The highest BCUT2D eigenvalue weighted by atomic mass is 16.6. The number of ether oxygens (including phenoxy) is 1. The summed E-state index contributed by atoms with van der Waals surface area (Å²) in [6.45, 7) is 6.38. The molecule has 1 amide bonds. The van der Waals surface area contributed by atoms with Crippen LogP contribution in [0.1, 0.15) is 76.5 Å². The molecule has 33 heavy (non-hydrogen) atoms. The van der Waals surface area contributed by atoms with E-state index >= 15 is 0 Å². The van der Waals surface area contributed by atoms with Gasteiger partial charge >= 0.3 is 5.97 Å². The first-order valence-electron chi connectivity index (χ1n) is 12.2. The lowest BCUT2D eigenvalue weighted by Crippen LogP contribution is -2.44. The van der Waals surface area contributed by atoms with Gasteiger partial charge in [-0.2, -0.15) is 0 Å². The first-order chi connectivity index (χ1) is 15.8. The van der Waals surface area contributed by atoms with Gasteiger partial charge in [0.1, 0.15) is 5.60 Å². The quantitative estimate of drug-likeness (QED) is 0.461. The van der Waals surface area contributed by atoms with Gasteiger partial charge in [0.05, 0.1) is 18.0 Å². The van der Waals surface area contributed by atoms with E-state index in [1.54, 1.807) is 0 Å². The molecule has 176 valence electrons. The molecule has 1 N–H and O–H groups in total.